The van der Waals surface area contributed by atoms with Crippen LogP contribution in [0.5, 0.6) is 0 Å². The summed E-state index contributed by atoms with van der Waals surface area (Å²) in [6, 6.07) is 0. The average Bonchev–Trinajstić information content (AvgIpc) is 2.15. The summed E-state index contributed by atoms with van der Waals surface area (Å²) in [5, 5.41) is 20.6. The zero-order valence-electron chi connectivity index (χ0n) is 7.45. The summed E-state index contributed by atoms with van der Waals surface area (Å²) in [6.07, 6.45) is -5.44. The second-order valence-corrected chi connectivity index (χ2v) is 2.81. The minimum absolute atomic E-state index is 0.243. The Morgan fingerprint density at radius 1 is 1.25 bits per heavy atom. The highest BCUT2D eigenvalue weighted by Gasteiger charge is 2.38. The predicted molar refractivity (Wildman–Crippen MR) is 43.3 cm³/mol. The van der Waals surface area contributed by atoms with Crippen molar-refractivity contribution in [1.29, 1.82) is 0 Å². The molecule has 9 heteroatoms. The van der Waals surface area contributed by atoms with E-state index in [-0.39, 0.29) is 6.08 Å². The van der Waals surface area contributed by atoms with E-state index in [0.29, 0.717) is 0 Å². The fourth-order valence-corrected chi connectivity index (χ4v) is 1.01. The van der Waals surface area contributed by atoms with Gasteiger partial charge < -0.3 is 0 Å². The van der Waals surface area contributed by atoms with E-state index in [9.17, 15) is 33.4 Å². The maximum atomic E-state index is 12.2. The Bertz CT molecular complexity index is 457. The molecule has 0 unspecified atom stereocenters. The fraction of sp³-hybridized carbons (Fsp3) is 0.286. The number of halogens is 3. The van der Waals surface area contributed by atoms with E-state index >= 15 is 0 Å². The zero-order chi connectivity index (χ0) is 12.5. The van der Waals surface area contributed by atoms with E-state index < -0.39 is 39.4 Å². The molecule has 0 amide bonds. The molecule has 1 aliphatic rings. The summed E-state index contributed by atoms with van der Waals surface area (Å²) in [5.41, 5.74) is -1.86. The monoisotopic (exact) mass is 236 g/mol. The Morgan fingerprint density at radius 3 is 2.19 bits per heavy atom. The van der Waals surface area contributed by atoms with Crippen molar-refractivity contribution in [2.45, 2.75) is 12.6 Å². The summed E-state index contributed by atoms with van der Waals surface area (Å²) in [5.74, 6) is 0. The minimum atomic E-state index is -4.90. The van der Waals surface area contributed by atoms with Crippen LogP contribution in [0.4, 0.5) is 13.2 Å². The van der Waals surface area contributed by atoms with Gasteiger partial charge in [0.2, 0.25) is 0 Å². The summed E-state index contributed by atoms with van der Waals surface area (Å²) in [7, 11) is 0. The quantitative estimate of drug-likeness (QED) is 0.415. The van der Waals surface area contributed by atoms with Crippen LogP contribution in [0, 0.1) is 20.2 Å². The van der Waals surface area contributed by atoms with Crippen LogP contribution >= 0.6 is 0 Å². The third-order valence-electron chi connectivity index (χ3n) is 1.70. The molecule has 86 valence electrons. The van der Waals surface area contributed by atoms with Crippen molar-refractivity contribution in [3.8, 4) is 0 Å². The molecular formula is C7H3F3N2O4. The first kappa shape index (κ1) is 11.9. The van der Waals surface area contributed by atoms with Gasteiger partial charge in [-0.25, -0.2) is 0 Å². The van der Waals surface area contributed by atoms with Crippen LogP contribution in [0.25, 0.3) is 0 Å². The lowest BCUT2D eigenvalue weighted by atomic mass is 10.1. The average molecular weight is 236 g/mol. The van der Waals surface area contributed by atoms with Crippen LogP contribution in [-0.2, 0) is 0 Å². The van der Waals surface area contributed by atoms with E-state index in [1.165, 1.54) is 5.73 Å². The Balaban J connectivity index is 3.31. The molecule has 0 N–H and O–H groups in total. The number of allylic oxidation sites excluding steroid dienone is 1. The Hall–Kier alpha value is -2.15. The van der Waals surface area contributed by atoms with Gasteiger partial charge in [0.25, 0.3) is 11.4 Å². The standard InChI is InChI=1S/C7H3F3N2O4/c8-7(9,10)4-1-5(11(13)14)3-6(2-4)12(15)16/h1H,3H2. The summed E-state index contributed by atoms with van der Waals surface area (Å²) in [4.78, 5) is 18.3. The van der Waals surface area contributed by atoms with Gasteiger partial charge in [0.05, 0.1) is 9.85 Å². The van der Waals surface area contributed by atoms with E-state index in [1.54, 1.807) is 0 Å². The molecule has 0 spiro atoms. The molecule has 0 aromatic rings. The maximum Gasteiger partial charge on any atom is 0.424 e. The highest BCUT2D eigenvalue weighted by atomic mass is 19.4. The van der Waals surface area contributed by atoms with Crippen LogP contribution in [0.3, 0.4) is 0 Å². The van der Waals surface area contributed by atoms with Crippen LogP contribution in [0.2, 0.25) is 0 Å². The highest BCUT2D eigenvalue weighted by molar-refractivity contribution is 5.31. The maximum absolute atomic E-state index is 12.2. The van der Waals surface area contributed by atoms with Gasteiger partial charge in [0.15, 0.2) is 0 Å². The molecule has 6 nitrogen and oxygen atoms in total. The topological polar surface area (TPSA) is 86.3 Å². The number of alkyl halides is 3. The smallest absolute Gasteiger partial charge is 0.259 e. The number of rotatable bonds is 2. The van der Waals surface area contributed by atoms with Gasteiger partial charge in [0.1, 0.15) is 12.0 Å². The summed E-state index contributed by atoms with van der Waals surface area (Å²) < 4.78 is 36.6. The number of nitrogens with zero attached hydrogens (tertiary/aromatic N) is 2. The first-order chi connectivity index (χ1) is 7.21. The van der Waals surface area contributed by atoms with Gasteiger partial charge in [-0.1, -0.05) is 0 Å². The summed E-state index contributed by atoms with van der Waals surface area (Å²) >= 11 is 0. The SMILES string of the molecule is O=[N+]([O-])C1=C=C(C(F)(F)F)C=C([N+](=O)[O-])C1. The molecule has 0 saturated carbocycles. The molecule has 0 aromatic heterocycles. The molecule has 1 aliphatic carbocycles. The zero-order valence-corrected chi connectivity index (χ0v) is 7.45. The van der Waals surface area contributed by atoms with Gasteiger partial charge in [-0.3, -0.25) is 20.2 Å². The van der Waals surface area contributed by atoms with Gasteiger partial charge in [0, 0.05) is 6.08 Å². The van der Waals surface area contributed by atoms with Crippen molar-refractivity contribution < 1.29 is 23.0 Å². The Morgan fingerprint density at radius 2 is 1.81 bits per heavy atom. The van der Waals surface area contributed by atoms with Crippen LogP contribution in [0.1, 0.15) is 6.42 Å². The molecule has 0 atom stereocenters. The third kappa shape index (κ3) is 2.45. The van der Waals surface area contributed by atoms with Crippen molar-refractivity contribution in [3.63, 3.8) is 0 Å². The second-order valence-electron chi connectivity index (χ2n) is 2.81. The first-order valence-corrected chi connectivity index (χ1v) is 3.78. The molecule has 0 radical (unpaired) electrons. The van der Waals surface area contributed by atoms with Crippen molar-refractivity contribution in [1.82, 2.24) is 0 Å². The normalized spacial score (nSPS) is 16.1. The van der Waals surface area contributed by atoms with Gasteiger partial charge in [-0.2, -0.15) is 13.2 Å². The van der Waals surface area contributed by atoms with Crippen molar-refractivity contribution >= 4 is 0 Å². The van der Waals surface area contributed by atoms with Crippen LogP contribution < -0.4 is 0 Å². The molecule has 0 heterocycles. The molecule has 16 heavy (non-hydrogen) atoms. The largest absolute Gasteiger partial charge is 0.424 e. The van der Waals surface area contributed by atoms with E-state index in [1.807, 2.05) is 0 Å². The van der Waals surface area contributed by atoms with Gasteiger partial charge in [-0.05, 0) is 5.73 Å². The highest BCUT2D eigenvalue weighted by Crippen LogP contribution is 2.31. The molecule has 0 aromatic carbocycles. The lowest BCUT2D eigenvalue weighted by Gasteiger charge is -2.07. The molecular weight excluding hydrogens is 233 g/mol. The van der Waals surface area contributed by atoms with Crippen molar-refractivity contribution in [2.75, 3.05) is 0 Å². The summed E-state index contributed by atoms with van der Waals surface area (Å²) in [6.45, 7) is 0. The Kier molecular flexibility index (Phi) is 2.82. The van der Waals surface area contributed by atoms with E-state index in [2.05, 4.69) is 0 Å². The molecule has 1 rings (SSSR count). The van der Waals surface area contributed by atoms with Crippen molar-refractivity contribution in [3.05, 3.63) is 49.0 Å². The second kappa shape index (κ2) is 3.78. The molecule has 0 aliphatic heterocycles. The number of hydrogen-bond donors (Lipinski definition) is 0. The number of nitro groups is 2. The third-order valence-corrected chi connectivity index (χ3v) is 1.70. The minimum Gasteiger partial charge on any atom is -0.259 e. The molecule has 0 fully saturated rings. The lowest BCUT2D eigenvalue weighted by Crippen LogP contribution is -2.16. The first-order valence-electron chi connectivity index (χ1n) is 3.78. The van der Waals surface area contributed by atoms with E-state index in [4.69, 9.17) is 0 Å². The van der Waals surface area contributed by atoms with E-state index in [0.717, 1.165) is 0 Å². The Labute approximate surface area is 85.7 Å². The van der Waals surface area contributed by atoms with Crippen LogP contribution in [0.15, 0.2) is 28.8 Å². The molecule has 0 saturated heterocycles. The van der Waals surface area contributed by atoms with Crippen molar-refractivity contribution in [2.24, 2.45) is 0 Å². The molecule has 0 bridgehead atoms. The lowest BCUT2D eigenvalue weighted by molar-refractivity contribution is -0.450. The fourth-order valence-electron chi connectivity index (χ4n) is 1.01. The van der Waals surface area contributed by atoms with Crippen LogP contribution in [-0.4, -0.2) is 16.0 Å². The number of hydrogen-bond acceptors (Lipinski definition) is 4. The van der Waals surface area contributed by atoms with Gasteiger partial charge >= 0.3 is 6.18 Å². The predicted octanol–water partition coefficient (Wildman–Crippen LogP) is 1.80. The van der Waals surface area contributed by atoms with Gasteiger partial charge in [-0.15, -0.1) is 0 Å².